The van der Waals surface area contributed by atoms with Crippen LogP contribution in [0.5, 0.6) is 0 Å². The SMILES string of the molecule is Cc1ccc(NC(=O)C[NH+](C)Cc2ccc(Cl)cc2)cc1C. The van der Waals surface area contributed by atoms with Crippen LogP contribution in [-0.4, -0.2) is 19.5 Å². The van der Waals surface area contributed by atoms with Crippen LogP contribution in [0.25, 0.3) is 0 Å². The molecule has 1 unspecified atom stereocenters. The van der Waals surface area contributed by atoms with Gasteiger partial charge in [-0.25, -0.2) is 0 Å². The highest BCUT2D eigenvalue weighted by Gasteiger charge is 2.11. The van der Waals surface area contributed by atoms with Crippen molar-refractivity contribution in [3.63, 3.8) is 0 Å². The molecule has 2 rings (SSSR count). The van der Waals surface area contributed by atoms with Crippen molar-refractivity contribution in [2.75, 3.05) is 18.9 Å². The van der Waals surface area contributed by atoms with Gasteiger partial charge in [0.15, 0.2) is 6.54 Å². The van der Waals surface area contributed by atoms with Crippen LogP contribution in [0, 0.1) is 13.8 Å². The zero-order valence-electron chi connectivity index (χ0n) is 13.2. The second-order valence-corrected chi connectivity index (χ2v) is 6.22. The van der Waals surface area contributed by atoms with E-state index in [1.54, 1.807) is 0 Å². The van der Waals surface area contributed by atoms with Gasteiger partial charge >= 0.3 is 0 Å². The van der Waals surface area contributed by atoms with Crippen molar-refractivity contribution < 1.29 is 9.69 Å². The van der Waals surface area contributed by atoms with Gasteiger partial charge in [-0.2, -0.15) is 0 Å². The topological polar surface area (TPSA) is 33.5 Å². The zero-order valence-corrected chi connectivity index (χ0v) is 14.0. The van der Waals surface area contributed by atoms with E-state index in [4.69, 9.17) is 11.6 Å². The maximum absolute atomic E-state index is 12.1. The minimum atomic E-state index is 0.0229. The molecule has 0 aliphatic heterocycles. The number of rotatable bonds is 5. The normalized spacial score (nSPS) is 12.0. The van der Waals surface area contributed by atoms with E-state index in [1.165, 1.54) is 16.7 Å². The predicted octanol–water partition coefficient (Wildman–Crippen LogP) is 2.61. The lowest BCUT2D eigenvalue weighted by atomic mass is 10.1. The lowest BCUT2D eigenvalue weighted by molar-refractivity contribution is -0.885. The molecule has 0 aliphatic carbocycles. The molecule has 0 spiro atoms. The Balaban J connectivity index is 1.88. The zero-order chi connectivity index (χ0) is 16.1. The van der Waals surface area contributed by atoms with Crippen LogP contribution in [0.1, 0.15) is 16.7 Å². The average molecular weight is 318 g/mol. The second kappa shape index (κ2) is 7.43. The Morgan fingerprint density at radius 1 is 1.09 bits per heavy atom. The van der Waals surface area contributed by atoms with Crippen LogP contribution in [0.2, 0.25) is 5.02 Å². The first-order chi connectivity index (χ1) is 10.4. The maximum atomic E-state index is 12.1. The van der Waals surface area contributed by atoms with E-state index in [9.17, 15) is 4.79 Å². The van der Waals surface area contributed by atoms with E-state index in [1.807, 2.05) is 56.4 Å². The van der Waals surface area contributed by atoms with Crippen molar-refractivity contribution in [3.8, 4) is 0 Å². The number of hydrogen-bond donors (Lipinski definition) is 2. The number of anilines is 1. The molecule has 4 heteroatoms. The van der Waals surface area contributed by atoms with E-state index < -0.39 is 0 Å². The van der Waals surface area contributed by atoms with Gasteiger partial charge in [-0.3, -0.25) is 4.79 Å². The summed E-state index contributed by atoms with van der Waals surface area (Å²) in [6, 6.07) is 13.7. The summed E-state index contributed by atoms with van der Waals surface area (Å²) in [6.45, 7) is 5.32. The Morgan fingerprint density at radius 2 is 1.77 bits per heavy atom. The monoisotopic (exact) mass is 317 g/mol. The molecule has 0 bridgehead atoms. The summed E-state index contributed by atoms with van der Waals surface area (Å²) in [7, 11) is 2.01. The molecule has 0 fully saturated rings. The van der Waals surface area contributed by atoms with Crippen LogP contribution in [0.4, 0.5) is 5.69 Å². The average Bonchev–Trinajstić information content (AvgIpc) is 2.45. The number of carbonyl (C=O) groups is 1. The number of halogens is 1. The summed E-state index contributed by atoms with van der Waals surface area (Å²) >= 11 is 5.88. The summed E-state index contributed by atoms with van der Waals surface area (Å²) in [5.41, 5.74) is 4.43. The molecule has 2 aromatic carbocycles. The van der Waals surface area contributed by atoms with Gasteiger partial charge in [-0.15, -0.1) is 0 Å². The first kappa shape index (κ1) is 16.5. The van der Waals surface area contributed by atoms with E-state index in [0.717, 1.165) is 22.2 Å². The number of aryl methyl sites for hydroxylation is 2. The number of hydrogen-bond acceptors (Lipinski definition) is 1. The van der Waals surface area contributed by atoms with Crippen LogP contribution in [0.15, 0.2) is 42.5 Å². The summed E-state index contributed by atoms with van der Waals surface area (Å²) < 4.78 is 0. The highest BCUT2D eigenvalue weighted by Crippen LogP contribution is 2.13. The molecule has 0 saturated heterocycles. The lowest BCUT2D eigenvalue weighted by Crippen LogP contribution is -3.08. The van der Waals surface area contributed by atoms with Crippen LogP contribution >= 0.6 is 11.6 Å². The molecule has 0 aliphatic rings. The fourth-order valence-electron chi connectivity index (χ4n) is 2.31. The molecular weight excluding hydrogens is 296 g/mol. The molecule has 2 aromatic rings. The van der Waals surface area contributed by atoms with Crippen molar-refractivity contribution >= 4 is 23.2 Å². The minimum absolute atomic E-state index is 0.0229. The number of nitrogens with one attached hydrogen (secondary N) is 2. The lowest BCUT2D eigenvalue weighted by Gasteiger charge is -2.14. The Bertz CT molecular complexity index is 653. The minimum Gasteiger partial charge on any atom is -0.326 e. The number of amides is 1. The van der Waals surface area contributed by atoms with E-state index >= 15 is 0 Å². The number of benzene rings is 2. The Morgan fingerprint density at radius 3 is 2.41 bits per heavy atom. The van der Waals surface area contributed by atoms with Crippen LogP contribution in [-0.2, 0) is 11.3 Å². The molecule has 0 saturated carbocycles. The van der Waals surface area contributed by atoms with Gasteiger partial charge in [0.1, 0.15) is 6.54 Å². The molecule has 1 atom stereocenters. The third-order valence-corrected chi connectivity index (χ3v) is 3.92. The molecule has 0 radical (unpaired) electrons. The van der Waals surface area contributed by atoms with Gasteiger partial charge in [0.05, 0.1) is 7.05 Å². The third kappa shape index (κ3) is 4.86. The van der Waals surface area contributed by atoms with E-state index in [0.29, 0.717) is 6.54 Å². The highest BCUT2D eigenvalue weighted by atomic mass is 35.5. The highest BCUT2D eigenvalue weighted by molar-refractivity contribution is 6.30. The molecule has 1 amide bonds. The molecule has 116 valence electrons. The Hall–Kier alpha value is -1.84. The van der Waals surface area contributed by atoms with E-state index in [2.05, 4.69) is 12.2 Å². The number of likely N-dealkylation sites (N-methyl/N-ethyl adjacent to an activating group) is 1. The Labute approximate surface area is 136 Å². The number of quaternary nitrogens is 1. The van der Waals surface area contributed by atoms with Crippen LogP contribution < -0.4 is 10.2 Å². The largest absolute Gasteiger partial charge is 0.326 e. The smallest absolute Gasteiger partial charge is 0.279 e. The first-order valence-electron chi connectivity index (χ1n) is 7.37. The van der Waals surface area contributed by atoms with Crippen molar-refractivity contribution in [2.45, 2.75) is 20.4 Å². The van der Waals surface area contributed by atoms with Gasteiger partial charge in [-0.1, -0.05) is 29.8 Å². The van der Waals surface area contributed by atoms with E-state index in [-0.39, 0.29) is 5.91 Å². The van der Waals surface area contributed by atoms with Gasteiger partial charge in [0.25, 0.3) is 5.91 Å². The number of carbonyl (C=O) groups excluding carboxylic acids is 1. The first-order valence-corrected chi connectivity index (χ1v) is 7.74. The fourth-order valence-corrected chi connectivity index (χ4v) is 2.44. The molecule has 2 N–H and O–H groups in total. The summed E-state index contributed by atoms with van der Waals surface area (Å²) in [5, 5.41) is 3.69. The van der Waals surface area contributed by atoms with Crippen molar-refractivity contribution in [2.24, 2.45) is 0 Å². The van der Waals surface area contributed by atoms with Crippen molar-refractivity contribution in [1.82, 2.24) is 0 Å². The molecular formula is C18H22ClN2O+. The van der Waals surface area contributed by atoms with Gasteiger partial charge in [-0.05, 0) is 49.2 Å². The predicted molar refractivity (Wildman–Crippen MR) is 91.5 cm³/mol. The van der Waals surface area contributed by atoms with Crippen molar-refractivity contribution in [3.05, 3.63) is 64.2 Å². The fraction of sp³-hybridized carbons (Fsp3) is 0.278. The van der Waals surface area contributed by atoms with Gasteiger partial charge in [0, 0.05) is 16.3 Å². The summed E-state index contributed by atoms with van der Waals surface area (Å²) in [4.78, 5) is 13.2. The third-order valence-electron chi connectivity index (χ3n) is 3.67. The molecule has 3 nitrogen and oxygen atoms in total. The van der Waals surface area contributed by atoms with Crippen molar-refractivity contribution in [1.29, 1.82) is 0 Å². The summed E-state index contributed by atoms with van der Waals surface area (Å²) in [6.07, 6.45) is 0. The quantitative estimate of drug-likeness (QED) is 0.873. The Kier molecular flexibility index (Phi) is 5.58. The van der Waals surface area contributed by atoms with Gasteiger partial charge < -0.3 is 10.2 Å². The molecule has 0 heterocycles. The van der Waals surface area contributed by atoms with Crippen LogP contribution in [0.3, 0.4) is 0 Å². The van der Waals surface area contributed by atoms with Gasteiger partial charge in [0.2, 0.25) is 0 Å². The molecule has 22 heavy (non-hydrogen) atoms. The second-order valence-electron chi connectivity index (χ2n) is 5.78. The summed E-state index contributed by atoms with van der Waals surface area (Å²) in [5.74, 6) is 0.0229. The standard InChI is InChI=1S/C18H21ClN2O/c1-13-4-9-17(10-14(13)2)20-18(22)12-21(3)11-15-5-7-16(19)8-6-15/h4-10H,11-12H2,1-3H3,(H,20,22)/p+1. The maximum Gasteiger partial charge on any atom is 0.279 e. The molecule has 0 aromatic heterocycles.